The molecule has 0 radical (unpaired) electrons. The first-order valence-corrected chi connectivity index (χ1v) is 16.0. The van der Waals surface area contributed by atoms with Crippen LogP contribution in [0.3, 0.4) is 0 Å². The molecule has 0 aliphatic carbocycles. The van der Waals surface area contributed by atoms with Crippen molar-refractivity contribution < 1.29 is 38.1 Å². The normalized spacial score (nSPS) is 9.15. The summed E-state index contributed by atoms with van der Waals surface area (Å²) < 4.78 is 20.6. The van der Waals surface area contributed by atoms with E-state index in [1.807, 2.05) is 0 Å². The second-order valence-electron chi connectivity index (χ2n) is 11.7. The number of benzene rings is 3. The van der Waals surface area contributed by atoms with Crippen LogP contribution in [0, 0.1) is 73.6 Å². The molecule has 0 aliphatic rings. The average molecular weight is 715 g/mol. The van der Waals surface area contributed by atoms with Gasteiger partial charge in [0.1, 0.15) is 18.3 Å². The first-order chi connectivity index (χ1) is 25.6. The van der Waals surface area contributed by atoms with Crippen LogP contribution in [0.25, 0.3) is 0 Å². The van der Waals surface area contributed by atoms with Gasteiger partial charge in [-0.3, -0.25) is 0 Å². The first-order valence-electron chi connectivity index (χ1n) is 16.0. The maximum Gasteiger partial charge on any atom is 0.347 e. The monoisotopic (exact) mass is 714 g/mol. The molecule has 0 unspecified atom stereocenters. The summed E-state index contributed by atoms with van der Waals surface area (Å²) in [6.07, 6.45) is 7.15. The summed E-state index contributed by atoms with van der Waals surface area (Å²) in [5.41, 5.74) is 5.22. The quantitative estimate of drug-likeness (QED) is 0.0928. The van der Waals surface area contributed by atoms with Gasteiger partial charge in [0.2, 0.25) is 0 Å². The lowest BCUT2D eigenvalue weighted by atomic mass is 9.91. The maximum atomic E-state index is 12.9. The van der Waals surface area contributed by atoms with Crippen molar-refractivity contribution in [2.75, 3.05) is 0 Å². The molecular formula is C46H34O8. The maximum absolute atomic E-state index is 12.9. The summed E-state index contributed by atoms with van der Waals surface area (Å²) in [7, 11) is 0. The van der Waals surface area contributed by atoms with Crippen molar-refractivity contribution in [1.82, 2.24) is 0 Å². The highest BCUT2D eigenvalue weighted by molar-refractivity contribution is 5.90. The minimum Gasteiger partial charge on any atom is -0.422 e. The summed E-state index contributed by atoms with van der Waals surface area (Å²) in [6.45, 7) is 23.8. The lowest BCUT2D eigenvalue weighted by molar-refractivity contribution is -0.133. The number of carbonyl (C=O) groups is 4. The SMILES string of the molecule is C=C(C)C(=O)OC#Cc1ccc(C#Cc2c(C)c(OC(=O)C(=C)C)c(C#Cc3ccc(C#COC(=O)C(=C)C)cc3)c(C)c2C#COC(=O)C(=C)C)cc1. The van der Waals surface area contributed by atoms with E-state index in [4.69, 9.17) is 18.9 Å². The first kappa shape index (κ1) is 40.7. The van der Waals surface area contributed by atoms with Crippen LogP contribution < -0.4 is 4.74 Å². The Bertz CT molecular complexity index is 2430. The molecule has 266 valence electrons. The molecule has 0 saturated heterocycles. The number of rotatable bonds is 5. The standard InChI is InChI=1S/C46H34O8/c1-29(2)43(47)51-26-23-37-15-11-35(12-16-37)19-21-39-34(10)42(54-46(50)32(7)8)41(33(9)40(39)25-28-53-45(49)31(5)6)22-20-36-13-17-38(18-14-36)24-27-52-44(48)30(3)4/h11-18H,1,3,5,7H2,2,4,6,8-10H3. The fourth-order valence-electron chi connectivity index (χ4n) is 3.93. The second kappa shape index (κ2) is 19.1. The molecule has 3 aromatic carbocycles. The van der Waals surface area contributed by atoms with Gasteiger partial charge in [-0.2, -0.15) is 0 Å². The number of hydrogen-bond donors (Lipinski definition) is 0. The van der Waals surface area contributed by atoms with E-state index in [0.29, 0.717) is 50.1 Å². The zero-order valence-electron chi connectivity index (χ0n) is 30.7. The Labute approximate surface area is 315 Å². The molecule has 3 rings (SSSR count). The topological polar surface area (TPSA) is 105 Å². The largest absolute Gasteiger partial charge is 0.422 e. The van der Waals surface area contributed by atoms with E-state index < -0.39 is 23.9 Å². The molecule has 0 spiro atoms. The lowest BCUT2D eigenvalue weighted by Gasteiger charge is -2.16. The molecule has 0 heterocycles. The van der Waals surface area contributed by atoms with Crippen LogP contribution in [0.2, 0.25) is 0 Å². The van der Waals surface area contributed by atoms with E-state index in [1.54, 1.807) is 62.4 Å². The fraction of sp³-hybridized carbons (Fsp3) is 0.130. The number of esters is 4. The smallest absolute Gasteiger partial charge is 0.347 e. The third-order valence-electron chi connectivity index (χ3n) is 6.96. The summed E-state index contributed by atoms with van der Waals surface area (Å²) in [5, 5.41) is 0. The predicted molar refractivity (Wildman–Crippen MR) is 205 cm³/mol. The van der Waals surface area contributed by atoms with Crippen LogP contribution >= 0.6 is 0 Å². The van der Waals surface area contributed by atoms with Crippen LogP contribution in [0.15, 0.2) is 97.1 Å². The molecule has 0 aromatic heterocycles. The molecule has 54 heavy (non-hydrogen) atoms. The van der Waals surface area contributed by atoms with Crippen molar-refractivity contribution in [3.05, 3.63) is 147 Å². The van der Waals surface area contributed by atoms with Crippen molar-refractivity contribution in [2.45, 2.75) is 41.5 Å². The minimum atomic E-state index is -0.698. The van der Waals surface area contributed by atoms with Gasteiger partial charge in [0.05, 0.1) is 5.56 Å². The average Bonchev–Trinajstić information content (AvgIpc) is 3.13. The van der Waals surface area contributed by atoms with Gasteiger partial charge in [-0.05, 0) is 113 Å². The van der Waals surface area contributed by atoms with Crippen molar-refractivity contribution >= 4 is 23.9 Å². The van der Waals surface area contributed by atoms with Crippen LogP contribution in [-0.2, 0) is 33.4 Å². The molecule has 8 nitrogen and oxygen atoms in total. The van der Waals surface area contributed by atoms with Crippen molar-refractivity contribution in [1.29, 1.82) is 0 Å². The molecule has 0 saturated carbocycles. The minimum absolute atomic E-state index is 0.151. The highest BCUT2D eigenvalue weighted by Gasteiger charge is 2.21. The molecule has 3 aromatic rings. The molecular weight excluding hydrogens is 680 g/mol. The van der Waals surface area contributed by atoms with Gasteiger partial charge < -0.3 is 18.9 Å². The van der Waals surface area contributed by atoms with Gasteiger partial charge >= 0.3 is 23.9 Å². The van der Waals surface area contributed by atoms with Crippen LogP contribution in [0.1, 0.15) is 77.8 Å². The number of ether oxygens (including phenoxy) is 4. The van der Waals surface area contributed by atoms with Gasteiger partial charge in [0.25, 0.3) is 0 Å². The molecule has 0 atom stereocenters. The number of carbonyl (C=O) groups excluding carboxylic acids is 4. The lowest BCUT2D eigenvalue weighted by Crippen LogP contribution is -2.12. The van der Waals surface area contributed by atoms with Crippen LogP contribution in [0.5, 0.6) is 5.75 Å². The van der Waals surface area contributed by atoms with E-state index in [2.05, 4.69) is 86.1 Å². The van der Waals surface area contributed by atoms with Crippen molar-refractivity contribution in [2.24, 2.45) is 0 Å². The van der Waals surface area contributed by atoms with Crippen molar-refractivity contribution in [3.8, 4) is 65.5 Å². The Morgan fingerprint density at radius 3 is 1.11 bits per heavy atom. The van der Waals surface area contributed by atoms with Crippen LogP contribution in [0.4, 0.5) is 0 Å². The summed E-state index contributed by atoms with van der Waals surface area (Å²) >= 11 is 0. The Hall–Kier alpha value is -7.70. The zero-order valence-corrected chi connectivity index (χ0v) is 30.7. The molecule has 0 N–H and O–H groups in total. The Balaban J connectivity index is 2.16. The fourth-order valence-corrected chi connectivity index (χ4v) is 3.93. The summed E-state index contributed by atoms with van der Waals surface area (Å²) in [5.74, 6) is 18.3. The Morgan fingerprint density at radius 2 is 0.741 bits per heavy atom. The Morgan fingerprint density at radius 1 is 0.426 bits per heavy atom. The van der Waals surface area contributed by atoms with E-state index >= 15 is 0 Å². The summed E-state index contributed by atoms with van der Waals surface area (Å²) in [4.78, 5) is 48.2. The Kier molecular flexibility index (Phi) is 14.4. The van der Waals surface area contributed by atoms with Gasteiger partial charge in [0, 0.05) is 61.2 Å². The summed E-state index contributed by atoms with van der Waals surface area (Å²) in [6, 6.07) is 13.7. The second-order valence-corrected chi connectivity index (χ2v) is 11.7. The molecule has 0 bridgehead atoms. The third-order valence-corrected chi connectivity index (χ3v) is 6.96. The zero-order chi connectivity index (χ0) is 39.9. The molecule has 0 amide bonds. The van der Waals surface area contributed by atoms with E-state index in [-0.39, 0.29) is 28.0 Å². The van der Waals surface area contributed by atoms with E-state index in [1.165, 1.54) is 27.7 Å². The van der Waals surface area contributed by atoms with Gasteiger partial charge in [0.15, 0.2) is 5.75 Å². The molecule has 8 heteroatoms. The van der Waals surface area contributed by atoms with E-state index in [0.717, 1.165) is 0 Å². The van der Waals surface area contributed by atoms with E-state index in [9.17, 15) is 19.2 Å². The van der Waals surface area contributed by atoms with Crippen LogP contribution in [-0.4, -0.2) is 23.9 Å². The van der Waals surface area contributed by atoms with Gasteiger partial charge in [-0.15, -0.1) is 0 Å². The van der Waals surface area contributed by atoms with Gasteiger partial charge in [-0.1, -0.05) is 50.0 Å². The number of hydrogen-bond acceptors (Lipinski definition) is 8. The molecule has 0 fully saturated rings. The van der Waals surface area contributed by atoms with Crippen molar-refractivity contribution in [3.63, 3.8) is 0 Å². The van der Waals surface area contributed by atoms with Gasteiger partial charge in [-0.25, -0.2) is 19.2 Å². The predicted octanol–water partition coefficient (Wildman–Crippen LogP) is 6.87. The highest BCUT2D eigenvalue weighted by Crippen LogP contribution is 2.33. The highest BCUT2D eigenvalue weighted by atomic mass is 16.5. The third kappa shape index (κ3) is 11.7. The molecule has 0 aliphatic heterocycles.